The molecule has 4 bridgehead atoms. The average molecular weight is 719 g/mol. The first-order valence-electron chi connectivity index (χ1n) is 19.7. The minimum Gasteiger partial charge on any atom is -0.454 e. The van der Waals surface area contributed by atoms with Gasteiger partial charge in [0.1, 0.15) is 5.58 Å². The summed E-state index contributed by atoms with van der Waals surface area (Å²) in [6.45, 7) is 0. The van der Waals surface area contributed by atoms with Gasteiger partial charge in [-0.3, -0.25) is 0 Å². The van der Waals surface area contributed by atoms with E-state index in [2.05, 4.69) is 144 Å². The lowest BCUT2D eigenvalue weighted by Crippen LogP contribution is -2.52. The van der Waals surface area contributed by atoms with Crippen molar-refractivity contribution in [1.82, 2.24) is 15.0 Å². The minimum atomic E-state index is -0.0951. The number of furan rings is 1. The largest absolute Gasteiger partial charge is 0.454 e. The van der Waals surface area contributed by atoms with E-state index in [1.165, 1.54) is 33.8 Å². The number of nitrogens with zero attached hydrogens (tertiary/aromatic N) is 4. The summed E-state index contributed by atoms with van der Waals surface area (Å²) in [5.74, 6) is 3.65. The fourth-order valence-corrected chi connectivity index (χ4v) is 10.9. The Hall–Kier alpha value is -6.85. The molecule has 4 aliphatic rings. The highest BCUT2D eigenvalue weighted by molar-refractivity contribution is 6.12. The van der Waals surface area contributed by atoms with E-state index in [0.29, 0.717) is 41.1 Å². The predicted molar refractivity (Wildman–Crippen MR) is 226 cm³/mol. The van der Waals surface area contributed by atoms with Crippen LogP contribution in [0.3, 0.4) is 0 Å². The zero-order chi connectivity index (χ0) is 36.5. The molecule has 3 aliphatic carbocycles. The van der Waals surface area contributed by atoms with Crippen molar-refractivity contribution in [3.05, 3.63) is 175 Å². The molecule has 7 aromatic carbocycles. The van der Waals surface area contributed by atoms with Gasteiger partial charge >= 0.3 is 0 Å². The zero-order valence-corrected chi connectivity index (χ0v) is 30.4. The van der Waals surface area contributed by atoms with Crippen molar-refractivity contribution in [3.63, 3.8) is 0 Å². The highest BCUT2D eigenvalue weighted by Crippen LogP contribution is 2.70. The van der Waals surface area contributed by atoms with Crippen LogP contribution in [0, 0.1) is 17.8 Å². The zero-order valence-electron chi connectivity index (χ0n) is 30.4. The van der Waals surface area contributed by atoms with Gasteiger partial charge in [-0.1, -0.05) is 146 Å². The number of benzene rings is 7. The SMILES string of the molecule is C1=CC2c3ccc4ccccc4c3N(c3cccc4c3oc3cc(-c5nc(-c6ccccc6)nc(-c6ccc7ccccc7c6)n5)ccc34)[C@@]23C2C=CC3C1C2. The maximum atomic E-state index is 7.09. The Morgan fingerprint density at radius 3 is 2.12 bits per heavy atom. The van der Waals surface area contributed by atoms with Crippen molar-refractivity contribution >= 4 is 54.9 Å². The second-order valence-electron chi connectivity index (χ2n) is 15.9. The van der Waals surface area contributed by atoms with Gasteiger partial charge < -0.3 is 9.32 Å². The standard InChI is InChI=1S/C51H34N4O/c1-2-11-32(12-3-1)48-52-49(35-18-17-30-9-4-5-13-33(30)27-35)54-50(53-48)36-20-23-39-40-15-8-16-44(47(40)56-45(39)29-36)55-46-38-14-7-6-10-31(38)19-24-41(46)43-25-21-34-28-37-22-26-42(34)51(37,43)55/h1-27,29,34,37,42-43H,28H2/t34?,37?,42?,43?,51-/m1/s1. The van der Waals surface area contributed by atoms with E-state index in [-0.39, 0.29) is 5.54 Å². The molecule has 5 nitrogen and oxygen atoms in total. The predicted octanol–water partition coefficient (Wildman–Crippen LogP) is 12.4. The van der Waals surface area contributed by atoms with E-state index in [9.17, 15) is 0 Å². The summed E-state index contributed by atoms with van der Waals surface area (Å²) in [5, 5.41) is 7.09. The fourth-order valence-electron chi connectivity index (χ4n) is 10.9. The van der Waals surface area contributed by atoms with E-state index in [4.69, 9.17) is 19.4 Å². The molecule has 3 heterocycles. The van der Waals surface area contributed by atoms with Crippen molar-refractivity contribution in [3.8, 4) is 34.2 Å². The monoisotopic (exact) mass is 718 g/mol. The molecule has 0 saturated heterocycles. The first-order chi connectivity index (χ1) is 27.7. The Morgan fingerprint density at radius 2 is 1.25 bits per heavy atom. The van der Waals surface area contributed by atoms with Gasteiger partial charge in [-0.15, -0.1) is 0 Å². The smallest absolute Gasteiger partial charge is 0.164 e. The van der Waals surface area contributed by atoms with Crippen molar-refractivity contribution in [2.75, 3.05) is 4.90 Å². The van der Waals surface area contributed by atoms with Crippen LogP contribution < -0.4 is 4.90 Å². The summed E-state index contributed by atoms with van der Waals surface area (Å²) < 4.78 is 7.09. The lowest BCUT2D eigenvalue weighted by atomic mass is 9.69. The van der Waals surface area contributed by atoms with Crippen molar-refractivity contribution in [2.45, 2.75) is 17.9 Å². The minimum absolute atomic E-state index is 0.0951. The molecular formula is C51H34N4O. The number of rotatable bonds is 4. The molecule has 264 valence electrons. The Balaban J connectivity index is 1.00. The molecule has 5 atom stereocenters. The van der Waals surface area contributed by atoms with Gasteiger partial charge in [-0.25, -0.2) is 15.0 Å². The maximum Gasteiger partial charge on any atom is 0.164 e. The summed E-state index contributed by atoms with van der Waals surface area (Å²) >= 11 is 0. The quantitative estimate of drug-likeness (QED) is 0.170. The molecule has 0 N–H and O–H groups in total. The molecule has 56 heavy (non-hydrogen) atoms. The molecule has 13 rings (SSSR count). The number of fused-ring (bicyclic) bond motifs is 8. The van der Waals surface area contributed by atoms with Gasteiger partial charge in [0.15, 0.2) is 23.1 Å². The number of aromatic nitrogens is 3. The summed E-state index contributed by atoms with van der Waals surface area (Å²) in [4.78, 5) is 17.9. The highest BCUT2D eigenvalue weighted by atomic mass is 16.3. The molecule has 5 heteroatoms. The van der Waals surface area contributed by atoms with Gasteiger partial charge in [-0.2, -0.15) is 0 Å². The lowest BCUT2D eigenvalue weighted by Gasteiger charge is -2.46. The molecule has 1 spiro atoms. The van der Waals surface area contributed by atoms with Crippen molar-refractivity contribution < 1.29 is 4.42 Å². The van der Waals surface area contributed by atoms with Crippen LogP contribution in [0.25, 0.3) is 77.6 Å². The average Bonchev–Trinajstić information content (AvgIpc) is 3.98. The third-order valence-corrected chi connectivity index (χ3v) is 13.2. The third-order valence-electron chi connectivity index (χ3n) is 13.2. The summed E-state index contributed by atoms with van der Waals surface area (Å²) in [6, 6.07) is 51.6. The van der Waals surface area contributed by atoms with Crippen LogP contribution in [-0.2, 0) is 0 Å². The normalized spacial score (nSPS) is 22.8. The third kappa shape index (κ3) is 4.02. The summed E-state index contributed by atoms with van der Waals surface area (Å²) in [6.07, 6.45) is 11.3. The van der Waals surface area contributed by atoms with Crippen LogP contribution >= 0.6 is 0 Å². The van der Waals surface area contributed by atoms with Crippen LogP contribution in [-0.4, -0.2) is 20.5 Å². The summed E-state index contributed by atoms with van der Waals surface area (Å²) in [7, 11) is 0. The van der Waals surface area contributed by atoms with Gasteiger partial charge in [0.2, 0.25) is 0 Å². The van der Waals surface area contributed by atoms with Gasteiger partial charge in [0.25, 0.3) is 0 Å². The molecule has 1 saturated carbocycles. The molecule has 9 aromatic rings. The lowest BCUT2D eigenvalue weighted by molar-refractivity contribution is 0.301. The number of para-hydroxylation sites is 1. The van der Waals surface area contributed by atoms with Gasteiger partial charge in [0.05, 0.1) is 16.9 Å². The molecule has 2 aromatic heterocycles. The highest BCUT2D eigenvalue weighted by Gasteiger charge is 2.67. The fraction of sp³-hybridized carbons (Fsp3) is 0.118. The van der Waals surface area contributed by atoms with E-state index in [1.54, 1.807) is 0 Å². The molecule has 0 amide bonds. The molecule has 1 fully saturated rings. The van der Waals surface area contributed by atoms with Crippen LogP contribution in [0.2, 0.25) is 0 Å². The van der Waals surface area contributed by atoms with E-state index in [1.807, 2.05) is 30.3 Å². The summed E-state index contributed by atoms with van der Waals surface area (Å²) in [5.41, 5.74) is 8.30. The van der Waals surface area contributed by atoms with Crippen LogP contribution in [0.15, 0.2) is 174 Å². The molecule has 0 radical (unpaired) electrons. The van der Waals surface area contributed by atoms with Crippen LogP contribution in [0.4, 0.5) is 11.4 Å². The number of allylic oxidation sites excluding steroid dienone is 1. The van der Waals surface area contributed by atoms with Crippen molar-refractivity contribution in [1.29, 1.82) is 0 Å². The molecule has 1 aliphatic heterocycles. The van der Waals surface area contributed by atoms with Crippen LogP contribution in [0.5, 0.6) is 0 Å². The second-order valence-corrected chi connectivity index (χ2v) is 15.9. The Bertz CT molecular complexity index is 3180. The Morgan fingerprint density at radius 1 is 0.536 bits per heavy atom. The number of hydrogen-bond donors (Lipinski definition) is 0. The molecule has 4 unspecified atom stereocenters. The van der Waals surface area contributed by atoms with Crippen LogP contribution in [0.1, 0.15) is 17.9 Å². The van der Waals surface area contributed by atoms with Crippen molar-refractivity contribution in [2.24, 2.45) is 17.8 Å². The molecular weight excluding hydrogens is 685 g/mol. The maximum absolute atomic E-state index is 7.09. The van der Waals surface area contributed by atoms with Gasteiger partial charge in [-0.05, 0) is 58.3 Å². The van der Waals surface area contributed by atoms with E-state index >= 15 is 0 Å². The van der Waals surface area contributed by atoms with E-state index < -0.39 is 0 Å². The number of hydrogen-bond acceptors (Lipinski definition) is 5. The first kappa shape index (κ1) is 30.5. The Kier molecular flexibility index (Phi) is 6.05. The Labute approximate surface area is 323 Å². The number of anilines is 2. The topological polar surface area (TPSA) is 55.1 Å². The van der Waals surface area contributed by atoms with E-state index in [0.717, 1.165) is 49.7 Å². The van der Waals surface area contributed by atoms with Gasteiger partial charge in [0, 0.05) is 50.6 Å². The second kappa shape index (κ2) is 11.1. The first-order valence-corrected chi connectivity index (χ1v) is 19.7.